The Morgan fingerprint density at radius 2 is 2.25 bits per heavy atom. The highest BCUT2D eigenvalue weighted by molar-refractivity contribution is 9.10. The average Bonchev–Trinajstić information content (AvgIpc) is 2.16. The highest BCUT2D eigenvalue weighted by Gasteiger charge is 2.08. The van der Waals surface area contributed by atoms with Gasteiger partial charge in [-0.1, -0.05) is 0 Å². The minimum absolute atomic E-state index is 0.00205. The van der Waals surface area contributed by atoms with Crippen LogP contribution in [0.2, 0.25) is 0 Å². The first kappa shape index (κ1) is 13.0. The molecule has 1 aromatic heterocycles. The molecule has 0 radical (unpaired) electrons. The van der Waals surface area contributed by atoms with E-state index in [9.17, 15) is 4.79 Å². The van der Waals surface area contributed by atoms with Gasteiger partial charge < -0.3 is 10.2 Å². The highest BCUT2D eigenvalue weighted by Crippen LogP contribution is 2.12. The number of pyridine rings is 1. The second-order valence-corrected chi connectivity index (χ2v) is 4.83. The summed E-state index contributed by atoms with van der Waals surface area (Å²) in [6, 6.07) is 3.94. The van der Waals surface area contributed by atoms with Gasteiger partial charge in [-0.05, 0) is 41.9 Å². The van der Waals surface area contributed by atoms with Gasteiger partial charge in [0.05, 0.1) is 6.54 Å². The van der Waals surface area contributed by atoms with Gasteiger partial charge in [0.25, 0.3) is 0 Å². The lowest BCUT2D eigenvalue weighted by atomic mass is 10.3. The van der Waals surface area contributed by atoms with Crippen LogP contribution in [0.25, 0.3) is 0 Å². The van der Waals surface area contributed by atoms with Crippen molar-refractivity contribution in [3.05, 3.63) is 22.8 Å². The van der Waals surface area contributed by atoms with Crippen molar-refractivity contribution < 1.29 is 4.79 Å². The molecule has 0 aliphatic rings. The Kier molecular flexibility index (Phi) is 4.73. The van der Waals surface area contributed by atoms with Gasteiger partial charge in [-0.15, -0.1) is 0 Å². The van der Waals surface area contributed by atoms with Gasteiger partial charge in [0.2, 0.25) is 5.91 Å². The van der Waals surface area contributed by atoms with E-state index >= 15 is 0 Å². The van der Waals surface area contributed by atoms with Gasteiger partial charge in [0.1, 0.15) is 5.82 Å². The van der Waals surface area contributed by atoms with E-state index in [2.05, 4.69) is 26.2 Å². The third-order valence-corrected chi connectivity index (χ3v) is 2.40. The van der Waals surface area contributed by atoms with E-state index in [4.69, 9.17) is 0 Å². The van der Waals surface area contributed by atoms with Crippen molar-refractivity contribution in [2.75, 3.05) is 18.5 Å². The monoisotopic (exact) mass is 285 g/mol. The zero-order chi connectivity index (χ0) is 12.1. The maximum absolute atomic E-state index is 11.5. The van der Waals surface area contributed by atoms with Gasteiger partial charge in [-0.3, -0.25) is 4.79 Å². The largest absolute Gasteiger partial charge is 0.352 e. The minimum atomic E-state index is 0.00205. The number of carbonyl (C=O) groups is 1. The number of halogens is 1. The van der Waals surface area contributed by atoms with E-state index < -0.39 is 0 Å². The fraction of sp³-hybridized carbons (Fsp3) is 0.455. The van der Waals surface area contributed by atoms with Crippen molar-refractivity contribution in [2.45, 2.75) is 19.9 Å². The van der Waals surface area contributed by atoms with Crippen LogP contribution in [0.1, 0.15) is 13.8 Å². The number of rotatable bonds is 4. The fourth-order valence-corrected chi connectivity index (χ4v) is 1.49. The minimum Gasteiger partial charge on any atom is -0.352 e. The van der Waals surface area contributed by atoms with E-state index in [-0.39, 0.29) is 11.9 Å². The van der Waals surface area contributed by atoms with Crippen LogP contribution >= 0.6 is 15.9 Å². The summed E-state index contributed by atoms with van der Waals surface area (Å²) in [6.45, 7) is 4.19. The molecule has 16 heavy (non-hydrogen) atoms. The third kappa shape index (κ3) is 4.18. The summed E-state index contributed by atoms with van der Waals surface area (Å²) in [6.07, 6.45) is 1.71. The summed E-state index contributed by atoms with van der Waals surface area (Å²) in [7, 11) is 1.84. The molecule has 0 fully saturated rings. The zero-order valence-corrected chi connectivity index (χ0v) is 11.3. The van der Waals surface area contributed by atoms with Crippen LogP contribution in [-0.4, -0.2) is 30.5 Å². The Balaban J connectivity index is 2.55. The van der Waals surface area contributed by atoms with E-state index in [1.807, 2.05) is 37.9 Å². The predicted molar refractivity (Wildman–Crippen MR) is 68.5 cm³/mol. The normalized spacial score (nSPS) is 10.3. The molecule has 4 nitrogen and oxygen atoms in total. The van der Waals surface area contributed by atoms with Crippen molar-refractivity contribution in [1.29, 1.82) is 0 Å². The number of hydrogen-bond acceptors (Lipinski definition) is 3. The summed E-state index contributed by atoms with van der Waals surface area (Å²) < 4.78 is 0.927. The van der Waals surface area contributed by atoms with Gasteiger partial charge in [-0.2, -0.15) is 0 Å². The molecule has 0 aliphatic carbocycles. The average molecular weight is 286 g/mol. The number of nitrogens with zero attached hydrogens (tertiary/aromatic N) is 2. The number of hydrogen-bond donors (Lipinski definition) is 1. The van der Waals surface area contributed by atoms with Crippen LogP contribution in [0.15, 0.2) is 22.8 Å². The molecule has 1 heterocycles. The summed E-state index contributed by atoms with van der Waals surface area (Å²) in [5, 5.41) is 2.84. The third-order valence-electron chi connectivity index (χ3n) is 1.93. The molecule has 0 atom stereocenters. The number of nitrogens with one attached hydrogen (secondary N) is 1. The molecule has 0 spiro atoms. The van der Waals surface area contributed by atoms with E-state index in [1.54, 1.807) is 6.20 Å². The molecular formula is C11H16BrN3O. The van der Waals surface area contributed by atoms with Crippen LogP contribution in [-0.2, 0) is 4.79 Å². The lowest BCUT2D eigenvalue weighted by molar-refractivity contribution is -0.120. The molecule has 88 valence electrons. The number of carbonyl (C=O) groups excluding carboxylic acids is 1. The SMILES string of the molecule is CC(C)NC(=O)CN(C)c1ccc(Br)cn1. The Bertz CT molecular complexity index is 351. The molecule has 0 saturated carbocycles. The molecule has 0 saturated heterocycles. The topological polar surface area (TPSA) is 45.2 Å². The van der Waals surface area contributed by atoms with Gasteiger partial charge in [-0.25, -0.2) is 4.98 Å². The second-order valence-electron chi connectivity index (χ2n) is 3.91. The second kappa shape index (κ2) is 5.84. The van der Waals surface area contributed by atoms with Crippen molar-refractivity contribution in [1.82, 2.24) is 10.3 Å². The van der Waals surface area contributed by atoms with Gasteiger partial charge in [0, 0.05) is 23.8 Å². The van der Waals surface area contributed by atoms with Crippen LogP contribution in [0.5, 0.6) is 0 Å². The maximum Gasteiger partial charge on any atom is 0.239 e. The highest BCUT2D eigenvalue weighted by atomic mass is 79.9. The zero-order valence-electron chi connectivity index (χ0n) is 9.70. The van der Waals surface area contributed by atoms with Crippen LogP contribution < -0.4 is 10.2 Å². The first-order chi connectivity index (χ1) is 7.49. The summed E-state index contributed by atoms with van der Waals surface area (Å²) >= 11 is 3.32. The smallest absolute Gasteiger partial charge is 0.239 e. The maximum atomic E-state index is 11.5. The molecule has 0 aliphatic heterocycles. The first-order valence-corrected chi connectivity index (χ1v) is 5.90. The van der Waals surface area contributed by atoms with Crippen molar-refractivity contribution >= 4 is 27.7 Å². The number of aromatic nitrogens is 1. The van der Waals surface area contributed by atoms with E-state index in [0.717, 1.165) is 10.3 Å². The molecule has 0 unspecified atom stereocenters. The van der Waals surface area contributed by atoms with E-state index in [1.165, 1.54) is 0 Å². The Morgan fingerprint density at radius 3 is 2.75 bits per heavy atom. The first-order valence-electron chi connectivity index (χ1n) is 5.11. The summed E-state index contributed by atoms with van der Waals surface area (Å²) in [4.78, 5) is 17.5. The number of amides is 1. The molecule has 1 rings (SSSR count). The number of anilines is 1. The van der Waals surface area contributed by atoms with E-state index in [0.29, 0.717) is 6.54 Å². The summed E-state index contributed by atoms with van der Waals surface area (Å²) in [5.74, 6) is 0.782. The molecule has 5 heteroatoms. The molecule has 0 aromatic carbocycles. The van der Waals surface area contributed by atoms with Crippen molar-refractivity contribution in [3.8, 4) is 0 Å². The Hall–Kier alpha value is -1.10. The molecule has 1 amide bonds. The fourth-order valence-electron chi connectivity index (χ4n) is 1.26. The molecule has 0 bridgehead atoms. The predicted octanol–water partition coefficient (Wildman–Crippen LogP) is 1.80. The van der Waals surface area contributed by atoms with Crippen LogP contribution in [0.4, 0.5) is 5.82 Å². The Morgan fingerprint density at radius 1 is 1.56 bits per heavy atom. The van der Waals surface area contributed by atoms with Crippen molar-refractivity contribution in [2.24, 2.45) is 0 Å². The lowest BCUT2D eigenvalue weighted by Gasteiger charge is -2.18. The van der Waals surface area contributed by atoms with Crippen LogP contribution in [0, 0.1) is 0 Å². The number of likely N-dealkylation sites (N-methyl/N-ethyl adjacent to an activating group) is 1. The molecule has 1 aromatic rings. The summed E-state index contributed by atoms with van der Waals surface area (Å²) in [5.41, 5.74) is 0. The standard InChI is InChI=1S/C11H16BrN3O/c1-8(2)14-11(16)7-15(3)10-5-4-9(12)6-13-10/h4-6,8H,7H2,1-3H3,(H,14,16). The van der Waals surface area contributed by atoms with Crippen molar-refractivity contribution in [3.63, 3.8) is 0 Å². The van der Waals surface area contributed by atoms with Gasteiger partial charge in [0.15, 0.2) is 0 Å². The lowest BCUT2D eigenvalue weighted by Crippen LogP contribution is -2.38. The van der Waals surface area contributed by atoms with Gasteiger partial charge >= 0.3 is 0 Å². The Labute approximate surface area is 104 Å². The quantitative estimate of drug-likeness (QED) is 0.918. The van der Waals surface area contributed by atoms with Crippen LogP contribution in [0.3, 0.4) is 0 Å². The molecular weight excluding hydrogens is 270 g/mol. The molecule has 1 N–H and O–H groups in total.